The van der Waals surface area contributed by atoms with E-state index >= 15 is 0 Å². The number of carbonyl (C=O) groups is 1. The van der Waals surface area contributed by atoms with Crippen LogP contribution in [0.5, 0.6) is 0 Å². The third-order valence-electron chi connectivity index (χ3n) is 2.98. The summed E-state index contributed by atoms with van der Waals surface area (Å²) in [6.07, 6.45) is 2.16. The van der Waals surface area contributed by atoms with Crippen molar-refractivity contribution in [1.29, 1.82) is 0 Å². The Kier molecular flexibility index (Phi) is 7.43. The molecule has 0 fully saturated rings. The van der Waals surface area contributed by atoms with Gasteiger partial charge in [0.2, 0.25) is 0 Å². The molecule has 2 nitrogen and oxygen atoms in total. The standard InChI is InChI=1S/C14H29IO2Si/c1-11(8-9-15)10-12(18(5,6)7)13(16)17-14(2,3)4/h11-12H,8-10H2,1-7H3. The third kappa shape index (κ3) is 7.76. The molecule has 0 bridgehead atoms. The fourth-order valence-electron chi connectivity index (χ4n) is 1.88. The average molecular weight is 384 g/mol. The number of alkyl halides is 1. The van der Waals surface area contributed by atoms with Crippen LogP contribution in [0.15, 0.2) is 0 Å². The van der Waals surface area contributed by atoms with Gasteiger partial charge in [-0.05, 0) is 44.0 Å². The van der Waals surface area contributed by atoms with Crippen molar-refractivity contribution in [3.8, 4) is 0 Å². The highest BCUT2D eigenvalue weighted by atomic mass is 127. The van der Waals surface area contributed by atoms with Gasteiger partial charge in [0, 0.05) is 0 Å². The number of esters is 1. The first kappa shape index (κ1) is 18.4. The molecule has 2 atom stereocenters. The van der Waals surface area contributed by atoms with Crippen LogP contribution in [0.4, 0.5) is 0 Å². The Labute approximate surface area is 127 Å². The molecule has 0 aromatic heterocycles. The second kappa shape index (κ2) is 7.27. The van der Waals surface area contributed by atoms with Crippen LogP contribution in [0.25, 0.3) is 0 Å². The maximum absolute atomic E-state index is 12.4. The van der Waals surface area contributed by atoms with Crippen molar-refractivity contribution in [2.24, 2.45) is 5.92 Å². The van der Waals surface area contributed by atoms with Gasteiger partial charge in [0.15, 0.2) is 0 Å². The van der Waals surface area contributed by atoms with E-state index in [9.17, 15) is 4.79 Å². The zero-order valence-electron chi connectivity index (χ0n) is 13.0. The molecule has 2 unspecified atom stereocenters. The monoisotopic (exact) mass is 384 g/mol. The van der Waals surface area contributed by atoms with E-state index in [1.807, 2.05) is 20.8 Å². The minimum Gasteiger partial charge on any atom is -0.460 e. The Morgan fingerprint density at radius 2 is 1.78 bits per heavy atom. The van der Waals surface area contributed by atoms with Gasteiger partial charge in [-0.3, -0.25) is 4.79 Å². The molecular weight excluding hydrogens is 355 g/mol. The number of rotatable bonds is 6. The van der Waals surface area contributed by atoms with Crippen LogP contribution in [-0.2, 0) is 9.53 Å². The molecule has 18 heavy (non-hydrogen) atoms. The van der Waals surface area contributed by atoms with Crippen molar-refractivity contribution >= 4 is 36.6 Å². The van der Waals surface area contributed by atoms with Crippen molar-refractivity contribution in [2.45, 2.75) is 71.3 Å². The zero-order chi connectivity index (χ0) is 14.6. The van der Waals surface area contributed by atoms with E-state index in [-0.39, 0.29) is 17.1 Å². The maximum Gasteiger partial charge on any atom is 0.306 e. The van der Waals surface area contributed by atoms with Gasteiger partial charge in [-0.2, -0.15) is 0 Å². The SMILES string of the molecule is CC(CCI)CC(C(=O)OC(C)(C)C)[Si](C)(C)C. The molecule has 0 spiro atoms. The van der Waals surface area contributed by atoms with E-state index in [2.05, 4.69) is 49.2 Å². The summed E-state index contributed by atoms with van der Waals surface area (Å²) in [4.78, 5) is 12.4. The van der Waals surface area contributed by atoms with Gasteiger partial charge in [-0.25, -0.2) is 0 Å². The lowest BCUT2D eigenvalue weighted by Gasteiger charge is -2.32. The Hall–Kier alpha value is 0.417. The van der Waals surface area contributed by atoms with Crippen LogP contribution < -0.4 is 0 Å². The van der Waals surface area contributed by atoms with Gasteiger partial charge >= 0.3 is 5.97 Å². The normalized spacial score (nSPS) is 16.2. The lowest BCUT2D eigenvalue weighted by atomic mass is 10.0. The van der Waals surface area contributed by atoms with E-state index in [0.717, 1.165) is 10.8 Å². The summed E-state index contributed by atoms with van der Waals surface area (Å²) >= 11 is 2.41. The van der Waals surface area contributed by atoms with Crippen molar-refractivity contribution in [2.75, 3.05) is 4.43 Å². The molecule has 0 aliphatic heterocycles. The van der Waals surface area contributed by atoms with E-state index in [1.165, 1.54) is 6.42 Å². The molecule has 0 saturated heterocycles. The van der Waals surface area contributed by atoms with Crippen molar-refractivity contribution in [3.05, 3.63) is 0 Å². The highest BCUT2D eigenvalue weighted by molar-refractivity contribution is 14.1. The number of hydrogen-bond donors (Lipinski definition) is 0. The van der Waals surface area contributed by atoms with E-state index in [1.54, 1.807) is 0 Å². The van der Waals surface area contributed by atoms with E-state index in [0.29, 0.717) is 5.92 Å². The van der Waals surface area contributed by atoms with Gasteiger partial charge in [-0.1, -0.05) is 49.2 Å². The van der Waals surface area contributed by atoms with Crippen molar-refractivity contribution in [1.82, 2.24) is 0 Å². The second-order valence-corrected chi connectivity index (χ2v) is 13.8. The Bertz CT molecular complexity index is 266. The van der Waals surface area contributed by atoms with Crippen LogP contribution in [-0.4, -0.2) is 24.1 Å². The van der Waals surface area contributed by atoms with E-state index in [4.69, 9.17) is 4.74 Å². The molecule has 0 amide bonds. The van der Waals surface area contributed by atoms with Crippen molar-refractivity contribution in [3.63, 3.8) is 0 Å². The molecular formula is C14H29IO2Si. The van der Waals surface area contributed by atoms with Crippen molar-refractivity contribution < 1.29 is 9.53 Å². The first-order valence-corrected chi connectivity index (χ1v) is 11.9. The Morgan fingerprint density at radius 1 is 1.28 bits per heavy atom. The summed E-state index contributed by atoms with van der Waals surface area (Å²) in [6, 6.07) is 0. The molecule has 0 N–H and O–H groups in total. The topological polar surface area (TPSA) is 26.3 Å². The van der Waals surface area contributed by atoms with Crippen LogP contribution in [0.3, 0.4) is 0 Å². The number of hydrogen-bond acceptors (Lipinski definition) is 2. The van der Waals surface area contributed by atoms with Crippen LogP contribution >= 0.6 is 22.6 Å². The minimum absolute atomic E-state index is 0.0157. The van der Waals surface area contributed by atoms with Crippen LogP contribution in [0.1, 0.15) is 40.5 Å². The predicted molar refractivity (Wildman–Crippen MR) is 90.2 cm³/mol. The fraction of sp³-hybridized carbons (Fsp3) is 0.929. The summed E-state index contributed by atoms with van der Waals surface area (Å²) in [6.45, 7) is 14.9. The predicted octanol–water partition coefficient (Wildman–Crippen LogP) is 4.89. The molecule has 0 aliphatic rings. The Balaban J connectivity index is 4.75. The largest absolute Gasteiger partial charge is 0.460 e. The van der Waals surface area contributed by atoms with Gasteiger partial charge in [0.05, 0.1) is 13.6 Å². The quantitative estimate of drug-likeness (QED) is 0.282. The third-order valence-corrected chi connectivity index (χ3v) is 6.16. The van der Waals surface area contributed by atoms with Gasteiger partial charge in [-0.15, -0.1) is 0 Å². The Morgan fingerprint density at radius 3 is 2.11 bits per heavy atom. The van der Waals surface area contributed by atoms with Gasteiger partial charge in [0.1, 0.15) is 5.60 Å². The second-order valence-electron chi connectivity index (χ2n) is 7.27. The minimum atomic E-state index is -1.52. The molecule has 0 aromatic rings. The van der Waals surface area contributed by atoms with E-state index < -0.39 is 8.07 Å². The lowest BCUT2D eigenvalue weighted by molar-refractivity contribution is -0.155. The number of ether oxygens (including phenoxy) is 1. The molecule has 0 rings (SSSR count). The lowest BCUT2D eigenvalue weighted by Crippen LogP contribution is -2.38. The van der Waals surface area contributed by atoms with Gasteiger partial charge < -0.3 is 4.74 Å². The molecule has 0 aliphatic carbocycles. The molecule has 108 valence electrons. The van der Waals surface area contributed by atoms with Crippen LogP contribution in [0, 0.1) is 5.92 Å². The maximum atomic E-state index is 12.4. The average Bonchev–Trinajstić information content (AvgIpc) is 2.09. The number of carbonyl (C=O) groups excluding carboxylic acids is 1. The smallest absolute Gasteiger partial charge is 0.306 e. The summed E-state index contributed by atoms with van der Waals surface area (Å²) in [5.41, 5.74) is -0.253. The molecule has 0 aromatic carbocycles. The summed E-state index contributed by atoms with van der Waals surface area (Å²) in [7, 11) is -1.52. The highest BCUT2D eigenvalue weighted by Gasteiger charge is 2.36. The summed E-state index contributed by atoms with van der Waals surface area (Å²) in [5, 5.41) is 0. The zero-order valence-corrected chi connectivity index (χ0v) is 16.1. The molecule has 0 saturated carbocycles. The summed E-state index contributed by atoms with van der Waals surface area (Å²) in [5.74, 6) is 0.619. The molecule has 4 heteroatoms. The highest BCUT2D eigenvalue weighted by Crippen LogP contribution is 2.33. The van der Waals surface area contributed by atoms with Gasteiger partial charge in [0.25, 0.3) is 0 Å². The first-order chi connectivity index (χ1) is 7.97. The first-order valence-electron chi connectivity index (χ1n) is 6.76. The van der Waals surface area contributed by atoms with Crippen LogP contribution in [0.2, 0.25) is 25.2 Å². The molecule has 0 radical (unpaired) electrons. The molecule has 0 heterocycles. The fourth-order valence-corrected chi connectivity index (χ4v) is 4.82. The summed E-state index contributed by atoms with van der Waals surface area (Å²) < 4.78 is 6.76. The number of halogens is 1.